The van der Waals surface area contributed by atoms with E-state index in [4.69, 9.17) is 4.74 Å². The third-order valence-electron chi connectivity index (χ3n) is 4.56. The van der Waals surface area contributed by atoms with Gasteiger partial charge in [-0.15, -0.1) is 16.8 Å². The highest BCUT2D eigenvalue weighted by Gasteiger charge is 2.17. The van der Waals surface area contributed by atoms with E-state index in [9.17, 15) is 9.59 Å². The van der Waals surface area contributed by atoms with E-state index in [2.05, 4.69) is 27.4 Å². The molecule has 0 radical (unpaired) electrons. The van der Waals surface area contributed by atoms with Crippen molar-refractivity contribution < 1.29 is 14.3 Å². The van der Waals surface area contributed by atoms with E-state index < -0.39 is 0 Å². The molecular formula is C23H25N5O3S. The Bertz CT molecular complexity index is 1110. The molecule has 0 fully saturated rings. The molecule has 0 aliphatic carbocycles. The van der Waals surface area contributed by atoms with Gasteiger partial charge in [-0.1, -0.05) is 48.2 Å². The molecule has 2 N–H and O–H groups in total. The van der Waals surface area contributed by atoms with Crippen LogP contribution in [0.2, 0.25) is 0 Å². The van der Waals surface area contributed by atoms with Gasteiger partial charge >= 0.3 is 0 Å². The quantitative estimate of drug-likeness (QED) is 0.360. The zero-order valence-electron chi connectivity index (χ0n) is 18.0. The number of thioether (sulfide) groups is 1. The molecule has 8 nitrogen and oxygen atoms in total. The van der Waals surface area contributed by atoms with Gasteiger partial charge < -0.3 is 19.9 Å². The normalized spacial score (nSPS) is 10.4. The second kappa shape index (κ2) is 11.1. The summed E-state index contributed by atoms with van der Waals surface area (Å²) < 4.78 is 7.04. The number of nitrogens with one attached hydrogen (secondary N) is 2. The second-order valence-corrected chi connectivity index (χ2v) is 7.82. The summed E-state index contributed by atoms with van der Waals surface area (Å²) in [6, 6.07) is 14.8. The lowest BCUT2D eigenvalue weighted by molar-refractivity contribution is -0.116. The number of carbonyl (C=O) groups is 2. The first kappa shape index (κ1) is 23.1. The lowest BCUT2D eigenvalue weighted by atomic mass is 10.2. The number of amides is 2. The van der Waals surface area contributed by atoms with Crippen molar-refractivity contribution in [3.8, 4) is 5.75 Å². The molecule has 1 heterocycles. The molecule has 9 heteroatoms. The Hall–Kier alpha value is -3.59. The van der Waals surface area contributed by atoms with Gasteiger partial charge in [0.15, 0.2) is 5.16 Å². The lowest BCUT2D eigenvalue weighted by Gasteiger charge is -2.11. The fourth-order valence-corrected chi connectivity index (χ4v) is 3.75. The van der Waals surface area contributed by atoms with Crippen LogP contribution in [0.4, 0.5) is 11.4 Å². The van der Waals surface area contributed by atoms with Crippen LogP contribution in [0.15, 0.2) is 66.3 Å². The minimum atomic E-state index is -0.202. The van der Waals surface area contributed by atoms with E-state index in [1.54, 1.807) is 29.9 Å². The molecule has 0 aliphatic heterocycles. The predicted octanol–water partition coefficient (Wildman–Crippen LogP) is 3.69. The van der Waals surface area contributed by atoms with E-state index in [1.807, 2.05) is 43.3 Å². The molecule has 2 aromatic carbocycles. The SMILES string of the molecule is C=CCn1c(CC(=O)Nc2ccccc2C)nnc1SCC(=O)Nc1ccccc1OC. The number of para-hydroxylation sites is 3. The van der Waals surface area contributed by atoms with E-state index >= 15 is 0 Å². The average molecular weight is 452 g/mol. The Morgan fingerprint density at radius 1 is 1.06 bits per heavy atom. The molecule has 1 aromatic heterocycles. The minimum absolute atomic E-state index is 0.0587. The smallest absolute Gasteiger partial charge is 0.234 e. The minimum Gasteiger partial charge on any atom is -0.495 e. The number of hydrogen-bond donors (Lipinski definition) is 2. The van der Waals surface area contributed by atoms with Crippen molar-refractivity contribution in [2.75, 3.05) is 23.5 Å². The summed E-state index contributed by atoms with van der Waals surface area (Å²) in [7, 11) is 1.55. The molecule has 0 aliphatic rings. The number of ether oxygens (including phenoxy) is 1. The Kier molecular flexibility index (Phi) is 8.04. The van der Waals surface area contributed by atoms with Gasteiger partial charge in [0.2, 0.25) is 11.8 Å². The maximum absolute atomic E-state index is 12.5. The van der Waals surface area contributed by atoms with Crippen molar-refractivity contribution in [3.63, 3.8) is 0 Å². The van der Waals surface area contributed by atoms with Crippen LogP contribution in [0.5, 0.6) is 5.75 Å². The fraction of sp³-hybridized carbons (Fsp3) is 0.217. The topological polar surface area (TPSA) is 98.1 Å². The van der Waals surface area contributed by atoms with Crippen LogP contribution in [0.1, 0.15) is 11.4 Å². The zero-order chi connectivity index (χ0) is 22.9. The number of aryl methyl sites for hydroxylation is 1. The molecule has 3 rings (SSSR count). The van der Waals surface area contributed by atoms with Crippen LogP contribution in [-0.4, -0.2) is 39.4 Å². The zero-order valence-corrected chi connectivity index (χ0v) is 18.8. The van der Waals surface area contributed by atoms with Crippen molar-refractivity contribution >= 4 is 35.0 Å². The van der Waals surface area contributed by atoms with Crippen molar-refractivity contribution in [1.82, 2.24) is 14.8 Å². The Balaban J connectivity index is 1.64. The molecule has 2 amide bonds. The van der Waals surface area contributed by atoms with Crippen LogP contribution in [0, 0.1) is 6.92 Å². The summed E-state index contributed by atoms with van der Waals surface area (Å²) in [5.74, 6) is 0.822. The van der Waals surface area contributed by atoms with Gasteiger partial charge in [-0.05, 0) is 30.7 Å². The molecule has 0 bridgehead atoms. The third kappa shape index (κ3) is 5.98. The number of anilines is 2. The number of nitrogens with zero attached hydrogens (tertiary/aromatic N) is 3. The van der Waals surface area contributed by atoms with E-state index in [0.717, 1.165) is 11.3 Å². The molecule has 32 heavy (non-hydrogen) atoms. The highest BCUT2D eigenvalue weighted by molar-refractivity contribution is 7.99. The first-order valence-corrected chi connectivity index (χ1v) is 10.9. The van der Waals surface area contributed by atoms with Gasteiger partial charge in [-0.25, -0.2) is 0 Å². The summed E-state index contributed by atoms with van der Waals surface area (Å²) in [5, 5.41) is 14.6. The number of allylic oxidation sites excluding steroid dienone is 1. The van der Waals surface area contributed by atoms with Gasteiger partial charge in [-0.3, -0.25) is 9.59 Å². The van der Waals surface area contributed by atoms with Gasteiger partial charge in [-0.2, -0.15) is 0 Å². The van der Waals surface area contributed by atoms with Gasteiger partial charge in [0.05, 0.1) is 25.0 Å². The summed E-state index contributed by atoms with van der Waals surface area (Å²) in [6.45, 7) is 6.13. The van der Waals surface area contributed by atoms with Crippen molar-refractivity contribution in [1.29, 1.82) is 0 Å². The monoisotopic (exact) mass is 451 g/mol. The van der Waals surface area contributed by atoms with E-state index in [0.29, 0.717) is 29.0 Å². The number of hydrogen-bond acceptors (Lipinski definition) is 6. The number of aromatic nitrogens is 3. The van der Waals surface area contributed by atoms with Crippen LogP contribution < -0.4 is 15.4 Å². The first-order chi connectivity index (χ1) is 15.5. The summed E-state index contributed by atoms with van der Waals surface area (Å²) in [4.78, 5) is 24.9. The summed E-state index contributed by atoms with van der Waals surface area (Å²) in [5.41, 5.74) is 2.34. The van der Waals surface area contributed by atoms with Crippen molar-refractivity contribution in [3.05, 3.63) is 72.6 Å². The standard InChI is InChI=1S/C23H25N5O3S/c1-4-13-28-20(14-21(29)24-17-10-6-5-9-16(17)2)26-27-23(28)32-15-22(30)25-18-11-7-8-12-19(18)31-3/h4-12H,1,13-15H2,2-3H3,(H,24,29)(H,25,30). The second-order valence-electron chi connectivity index (χ2n) is 6.88. The van der Waals surface area contributed by atoms with Gasteiger partial charge in [0.1, 0.15) is 11.6 Å². The Morgan fingerprint density at radius 3 is 2.47 bits per heavy atom. The number of carbonyl (C=O) groups excluding carboxylic acids is 2. The Morgan fingerprint density at radius 2 is 1.75 bits per heavy atom. The lowest BCUT2D eigenvalue weighted by Crippen LogP contribution is -2.18. The molecule has 0 saturated carbocycles. The van der Waals surface area contributed by atoms with Crippen molar-refractivity contribution in [2.45, 2.75) is 25.0 Å². The third-order valence-corrected chi connectivity index (χ3v) is 5.52. The maximum atomic E-state index is 12.5. The number of benzene rings is 2. The molecule has 166 valence electrons. The van der Waals surface area contributed by atoms with Crippen LogP contribution in [0.3, 0.4) is 0 Å². The van der Waals surface area contributed by atoms with E-state index in [-0.39, 0.29) is 24.0 Å². The predicted molar refractivity (Wildman–Crippen MR) is 126 cm³/mol. The molecule has 0 atom stereocenters. The Labute approximate surface area is 191 Å². The van der Waals surface area contributed by atoms with E-state index in [1.165, 1.54) is 11.8 Å². The largest absolute Gasteiger partial charge is 0.495 e. The number of methoxy groups -OCH3 is 1. The summed E-state index contributed by atoms with van der Waals surface area (Å²) in [6.07, 6.45) is 1.76. The van der Waals surface area contributed by atoms with Gasteiger partial charge in [0, 0.05) is 12.2 Å². The van der Waals surface area contributed by atoms with Crippen LogP contribution in [-0.2, 0) is 22.6 Å². The fourth-order valence-electron chi connectivity index (χ4n) is 2.98. The van der Waals surface area contributed by atoms with Crippen LogP contribution >= 0.6 is 11.8 Å². The molecule has 3 aromatic rings. The first-order valence-electron chi connectivity index (χ1n) is 9.96. The highest BCUT2D eigenvalue weighted by atomic mass is 32.2. The average Bonchev–Trinajstić information content (AvgIpc) is 3.15. The molecule has 0 saturated heterocycles. The highest BCUT2D eigenvalue weighted by Crippen LogP contribution is 2.24. The summed E-state index contributed by atoms with van der Waals surface area (Å²) >= 11 is 1.24. The molecular weight excluding hydrogens is 426 g/mol. The van der Waals surface area contributed by atoms with Crippen molar-refractivity contribution in [2.24, 2.45) is 0 Å². The molecule has 0 spiro atoms. The van der Waals surface area contributed by atoms with Gasteiger partial charge in [0.25, 0.3) is 0 Å². The molecule has 0 unspecified atom stereocenters. The number of rotatable bonds is 10. The van der Waals surface area contributed by atoms with Crippen LogP contribution in [0.25, 0.3) is 0 Å². The maximum Gasteiger partial charge on any atom is 0.234 e.